The number of hydrogen-bond donors (Lipinski definition) is 2. The van der Waals surface area contributed by atoms with E-state index < -0.39 is 11.5 Å². The van der Waals surface area contributed by atoms with E-state index in [2.05, 4.69) is 10.1 Å². The van der Waals surface area contributed by atoms with Crippen molar-refractivity contribution in [2.45, 2.75) is 44.2 Å². The van der Waals surface area contributed by atoms with Crippen LogP contribution in [0, 0.1) is 0 Å². The van der Waals surface area contributed by atoms with E-state index in [1.165, 1.54) is 7.11 Å². The van der Waals surface area contributed by atoms with Gasteiger partial charge in [-0.3, -0.25) is 4.79 Å². The van der Waals surface area contributed by atoms with Crippen LogP contribution >= 0.6 is 0 Å². The lowest BCUT2D eigenvalue weighted by molar-refractivity contribution is -0.156. The second-order valence-corrected chi connectivity index (χ2v) is 4.04. The second-order valence-electron chi connectivity index (χ2n) is 4.04. The van der Waals surface area contributed by atoms with Crippen LogP contribution in [0.15, 0.2) is 0 Å². The van der Waals surface area contributed by atoms with Crippen LogP contribution in [0.1, 0.15) is 32.6 Å². The van der Waals surface area contributed by atoms with Crippen molar-refractivity contribution in [2.75, 3.05) is 7.11 Å². The SMILES string of the molecule is CCCC(=O)NC1(C(=O)OC)CC(N)C1. The highest BCUT2D eigenvalue weighted by Crippen LogP contribution is 2.32. The molecule has 0 aromatic heterocycles. The molecule has 0 aromatic rings. The number of amides is 1. The summed E-state index contributed by atoms with van der Waals surface area (Å²) in [5, 5.41) is 2.72. The average molecular weight is 214 g/mol. The van der Waals surface area contributed by atoms with Gasteiger partial charge in [0.2, 0.25) is 5.91 Å². The highest BCUT2D eigenvalue weighted by molar-refractivity contribution is 5.89. The van der Waals surface area contributed by atoms with Crippen molar-refractivity contribution in [3.8, 4) is 0 Å². The van der Waals surface area contributed by atoms with Crippen molar-refractivity contribution >= 4 is 11.9 Å². The standard InChI is InChI=1S/C10H18N2O3/c1-3-4-8(13)12-10(9(14)15-2)5-7(11)6-10/h7H,3-6,11H2,1-2H3,(H,12,13). The molecule has 0 radical (unpaired) electrons. The normalized spacial score (nSPS) is 29.1. The number of nitrogens with two attached hydrogens (primary N) is 1. The average Bonchev–Trinajstić information content (AvgIpc) is 2.14. The molecule has 3 N–H and O–H groups in total. The molecule has 15 heavy (non-hydrogen) atoms. The molecule has 1 aliphatic rings. The van der Waals surface area contributed by atoms with Crippen LogP contribution in [-0.4, -0.2) is 30.6 Å². The minimum Gasteiger partial charge on any atom is -0.467 e. The van der Waals surface area contributed by atoms with Crippen molar-refractivity contribution < 1.29 is 14.3 Å². The Labute approximate surface area is 89.3 Å². The number of rotatable bonds is 4. The Morgan fingerprint density at radius 1 is 1.53 bits per heavy atom. The Kier molecular flexibility index (Phi) is 3.68. The number of methoxy groups -OCH3 is 1. The van der Waals surface area contributed by atoms with Crippen molar-refractivity contribution in [3.63, 3.8) is 0 Å². The molecule has 0 saturated heterocycles. The zero-order valence-corrected chi connectivity index (χ0v) is 9.21. The van der Waals surface area contributed by atoms with Gasteiger partial charge < -0.3 is 15.8 Å². The summed E-state index contributed by atoms with van der Waals surface area (Å²) in [6.45, 7) is 1.91. The predicted molar refractivity (Wildman–Crippen MR) is 55.0 cm³/mol. The maximum atomic E-state index is 11.5. The van der Waals surface area contributed by atoms with Crippen molar-refractivity contribution in [1.29, 1.82) is 0 Å². The van der Waals surface area contributed by atoms with E-state index in [9.17, 15) is 9.59 Å². The molecule has 1 aliphatic carbocycles. The molecule has 0 bridgehead atoms. The second kappa shape index (κ2) is 4.61. The number of carbonyl (C=O) groups excluding carboxylic acids is 2. The molecular weight excluding hydrogens is 196 g/mol. The van der Waals surface area contributed by atoms with Crippen molar-refractivity contribution in [2.24, 2.45) is 5.73 Å². The Morgan fingerprint density at radius 3 is 2.53 bits per heavy atom. The van der Waals surface area contributed by atoms with Crippen LogP contribution in [0.25, 0.3) is 0 Å². The lowest BCUT2D eigenvalue weighted by atomic mass is 9.73. The molecule has 86 valence electrons. The highest BCUT2D eigenvalue weighted by Gasteiger charge is 2.50. The van der Waals surface area contributed by atoms with Gasteiger partial charge >= 0.3 is 5.97 Å². The van der Waals surface area contributed by atoms with Gasteiger partial charge in [-0.15, -0.1) is 0 Å². The van der Waals surface area contributed by atoms with Crippen LogP contribution < -0.4 is 11.1 Å². The Balaban J connectivity index is 2.59. The molecule has 1 fully saturated rings. The quantitative estimate of drug-likeness (QED) is 0.642. The van der Waals surface area contributed by atoms with Gasteiger partial charge in [-0.1, -0.05) is 6.92 Å². The first-order chi connectivity index (χ1) is 7.04. The topological polar surface area (TPSA) is 81.4 Å². The molecule has 5 heteroatoms. The summed E-state index contributed by atoms with van der Waals surface area (Å²) < 4.78 is 4.68. The van der Waals surface area contributed by atoms with Crippen LogP contribution in [-0.2, 0) is 14.3 Å². The lowest BCUT2D eigenvalue weighted by Crippen LogP contribution is -2.66. The van der Waals surface area contributed by atoms with Gasteiger partial charge in [0.25, 0.3) is 0 Å². The molecule has 0 atom stereocenters. The molecular formula is C10H18N2O3. The van der Waals surface area contributed by atoms with E-state index in [4.69, 9.17) is 5.73 Å². The number of hydrogen-bond acceptors (Lipinski definition) is 4. The fourth-order valence-corrected chi connectivity index (χ4v) is 1.91. The zero-order chi connectivity index (χ0) is 11.5. The molecule has 5 nitrogen and oxygen atoms in total. The Hall–Kier alpha value is -1.10. The molecule has 0 aliphatic heterocycles. The van der Waals surface area contributed by atoms with E-state index in [0.717, 1.165) is 6.42 Å². The maximum Gasteiger partial charge on any atom is 0.331 e. The third kappa shape index (κ3) is 2.47. The van der Waals surface area contributed by atoms with Gasteiger partial charge in [0.05, 0.1) is 7.11 Å². The highest BCUT2D eigenvalue weighted by atomic mass is 16.5. The van der Waals surface area contributed by atoms with Gasteiger partial charge in [0, 0.05) is 12.5 Å². The van der Waals surface area contributed by atoms with E-state index in [-0.39, 0.29) is 11.9 Å². The van der Waals surface area contributed by atoms with Crippen molar-refractivity contribution in [1.82, 2.24) is 5.32 Å². The Bertz CT molecular complexity index is 259. The number of nitrogens with one attached hydrogen (secondary N) is 1. The predicted octanol–water partition coefficient (Wildman–Crippen LogP) is -0.0644. The molecule has 1 saturated carbocycles. The van der Waals surface area contributed by atoms with Gasteiger partial charge in [-0.2, -0.15) is 0 Å². The van der Waals surface area contributed by atoms with Gasteiger partial charge in [-0.25, -0.2) is 4.79 Å². The first-order valence-corrected chi connectivity index (χ1v) is 5.19. The third-order valence-corrected chi connectivity index (χ3v) is 2.65. The van der Waals surface area contributed by atoms with Crippen LogP contribution in [0.2, 0.25) is 0 Å². The van der Waals surface area contributed by atoms with E-state index in [1.54, 1.807) is 0 Å². The van der Waals surface area contributed by atoms with Crippen LogP contribution in [0.5, 0.6) is 0 Å². The van der Waals surface area contributed by atoms with E-state index >= 15 is 0 Å². The Morgan fingerprint density at radius 2 is 2.13 bits per heavy atom. The lowest BCUT2D eigenvalue weighted by Gasteiger charge is -2.43. The van der Waals surface area contributed by atoms with Crippen LogP contribution in [0.4, 0.5) is 0 Å². The smallest absolute Gasteiger partial charge is 0.331 e. The van der Waals surface area contributed by atoms with Crippen LogP contribution in [0.3, 0.4) is 0 Å². The largest absolute Gasteiger partial charge is 0.467 e. The number of esters is 1. The first-order valence-electron chi connectivity index (χ1n) is 5.19. The summed E-state index contributed by atoms with van der Waals surface area (Å²) in [5.41, 5.74) is 4.78. The minimum atomic E-state index is -0.861. The summed E-state index contributed by atoms with van der Waals surface area (Å²) in [7, 11) is 1.32. The fraction of sp³-hybridized carbons (Fsp3) is 0.800. The van der Waals surface area contributed by atoms with E-state index in [0.29, 0.717) is 19.3 Å². The van der Waals surface area contributed by atoms with Gasteiger partial charge in [0.1, 0.15) is 5.54 Å². The molecule has 0 unspecified atom stereocenters. The molecule has 1 rings (SSSR count). The van der Waals surface area contributed by atoms with E-state index in [1.807, 2.05) is 6.92 Å². The molecule has 0 aromatic carbocycles. The summed E-state index contributed by atoms with van der Waals surface area (Å²) in [5.74, 6) is -0.511. The van der Waals surface area contributed by atoms with Gasteiger partial charge in [0.15, 0.2) is 0 Å². The summed E-state index contributed by atoms with van der Waals surface area (Å²) in [4.78, 5) is 22.9. The number of ether oxygens (including phenoxy) is 1. The van der Waals surface area contributed by atoms with Gasteiger partial charge in [-0.05, 0) is 19.3 Å². The summed E-state index contributed by atoms with van der Waals surface area (Å²) in [6, 6.07) is -0.0222. The summed E-state index contributed by atoms with van der Waals surface area (Å²) >= 11 is 0. The number of carbonyl (C=O) groups is 2. The zero-order valence-electron chi connectivity index (χ0n) is 9.21. The minimum absolute atomic E-state index is 0.0222. The third-order valence-electron chi connectivity index (χ3n) is 2.65. The molecule has 0 spiro atoms. The summed E-state index contributed by atoms with van der Waals surface area (Å²) in [6.07, 6.45) is 2.12. The van der Waals surface area contributed by atoms with Crippen molar-refractivity contribution in [3.05, 3.63) is 0 Å². The first kappa shape index (κ1) is 12.0. The monoisotopic (exact) mass is 214 g/mol. The molecule has 0 heterocycles. The molecule has 1 amide bonds. The fourth-order valence-electron chi connectivity index (χ4n) is 1.91. The maximum absolute atomic E-state index is 11.5.